The van der Waals surface area contributed by atoms with Gasteiger partial charge in [-0.3, -0.25) is 0 Å². The third-order valence-corrected chi connectivity index (χ3v) is 4.05. The van der Waals surface area contributed by atoms with Crippen molar-refractivity contribution in [2.24, 2.45) is 11.8 Å². The molecule has 2 aliphatic heterocycles. The third kappa shape index (κ3) is 3.76. The van der Waals surface area contributed by atoms with E-state index in [0.29, 0.717) is 0 Å². The fraction of sp³-hybridized carbons (Fsp3) is 1.00. The standard InChI is InChI=1S/C13H26N2/c1-12-6-10-15(11-12)9-2-3-13-4-7-14-8-5-13/h12-14H,2-11H2,1H3. The Labute approximate surface area is 94.4 Å². The molecule has 1 unspecified atom stereocenters. The first kappa shape index (κ1) is 11.4. The van der Waals surface area contributed by atoms with Gasteiger partial charge < -0.3 is 10.2 Å². The van der Waals surface area contributed by atoms with E-state index in [0.717, 1.165) is 11.8 Å². The number of hydrogen-bond donors (Lipinski definition) is 1. The van der Waals surface area contributed by atoms with E-state index in [-0.39, 0.29) is 0 Å². The topological polar surface area (TPSA) is 15.3 Å². The van der Waals surface area contributed by atoms with Gasteiger partial charge in [0.05, 0.1) is 0 Å². The van der Waals surface area contributed by atoms with Gasteiger partial charge in [0.25, 0.3) is 0 Å². The van der Waals surface area contributed by atoms with Gasteiger partial charge in [0.15, 0.2) is 0 Å². The molecule has 0 aromatic rings. The van der Waals surface area contributed by atoms with Gasteiger partial charge in [0.1, 0.15) is 0 Å². The van der Waals surface area contributed by atoms with Gasteiger partial charge in [-0.15, -0.1) is 0 Å². The van der Waals surface area contributed by atoms with Crippen molar-refractivity contribution in [2.75, 3.05) is 32.7 Å². The maximum atomic E-state index is 3.44. The van der Waals surface area contributed by atoms with Crippen LogP contribution in [0.3, 0.4) is 0 Å². The van der Waals surface area contributed by atoms with Crippen LogP contribution in [0.5, 0.6) is 0 Å². The highest BCUT2D eigenvalue weighted by atomic mass is 15.1. The lowest BCUT2D eigenvalue weighted by molar-refractivity contribution is 0.287. The Morgan fingerprint density at radius 1 is 1.20 bits per heavy atom. The molecule has 1 atom stereocenters. The van der Waals surface area contributed by atoms with Crippen LogP contribution in [0, 0.1) is 11.8 Å². The summed E-state index contributed by atoms with van der Waals surface area (Å²) < 4.78 is 0. The molecule has 0 amide bonds. The van der Waals surface area contributed by atoms with Crippen molar-refractivity contribution in [1.29, 1.82) is 0 Å². The minimum atomic E-state index is 0.948. The molecular formula is C13H26N2. The molecule has 2 heterocycles. The van der Waals surface area contributed by atoms with Crippen LogP contribution >= 0.6 is 0 Å². The van der Waals surface area contributed by atoms with Crippen LogP contribution in [0.2, 0.25) is 0 Å². The van der Waals surface area contributed by atoms with Crippen molar-refractivity contribution in [2.45, 2.75) is 39.0 Å². The smallest absolute Gasteiger partial charge is 0.000750 e. The SMILES string of the molecule is CC1CCN(CCCC2CCNCC2)C1. The zero-order valence-electron chi connectivity index (χ0n) is 10.2. The Kier molecular flexibility index (Phi) is 4.45. The summed E-state index contributed by atoms with van der Waals surface area (Å²) in [6.45, 7) is 8.96. The number of rotatable bonds is 4. The zero-order chi connectivity index (χ0) is 10.5. The maximum Gasteiger partial charge on any atom is 0.000750 e. The molecular weight excluding hydrogens is 184 g/mol. The number of nitrogens with zero attached hydrogens (tertiary/aromatic N) is 1. The molecule has 2 nitrogen and oxygen atoms in total. The fourth-order valence-electron chi connectivity index (χ4n) is 3.00. The quantitative estimate of drug-likeness (QED) is 0.764. The van der Waals surface area contributed by atoms with Gasteiger partial charge in [0.2, 0.25) is 0 Å². The summed E-state index contributed by atoms with van der Waals surface area (Å²) in [6.07, 6.45) is 7.14. The lowest BCUT2D eigenvalue weighted by Gasteiger charge is -2.23. The van der Waals surface area contributed by atoms with Gasteiger partial charge in [-0.25, -0.2) is 0 Å². The molecule has 15 heavy (non-hydrogen) atoms. The van der Waals surface area contributed by atoms with E-state index in [1.54, 1.807) is 0 Å². The first-order valence-electron chi connectivity index (χ1n) is 6.77. The van der Waals surface area contributed by atoms with E-state index in [1.165, 1.54) is 64.8 Å². The molecule has 88 valence electrons. The molecule has 0 spiro atoms. The Hall–Kier alpha value is -0.0800. The van der Waals surface area contributed by atoms with Crippen molar-refractivity contribution in [1.82, 2.24) is 10.2 Å². The predicted molar refractivity (Wildman–Crippen MR) is 65.0 cm³/mol. The summed E-state index contributed by atoms with van der Waals surface area (Å²) >= 11 is 0. The first-order valence-corrected chi connectivity index (χ1v) is 6.77. The van der Waals surface area contributed by atoms with E-state index in [2.05, 4.69) is 17.1 Å². The van der Waals surface area contributed by atoms with Crippen LogP contribution in [0.1, 0.15) is 39.0 Å². The summed E-state index contributed by atoms with van der Waals surface area (Å²) in [5.41, 5.74) is 0. The minimum absolute atomic E-state index is 0.948. The van der Waals surface area contributed by atoms with E-state index in [1.807, 2.05) is 0 Å². The molecule has 2 rings (SSSR count). The number of likely N-dealkylation sites (tertiary alicyclic amines) is 1. The lowest BCUT2D eigenvalue weighted by Crippen LogP contribution is -2.28. The highest BCUT2D eigenvalue weighted by molar-refractivity contribution is 4.73. The molecule has 2 heteroatoms. The maximum absolute atomic E-state index is 3.44. The van der Waals surface area contributed by atoms with Crippen LogP contribution in [0.25, 0.3) is 0 Å². The van der Waals surface area contributed by atoms with Crippen LogP contribution < -0.4 is 5.32 Å². The Morgan fingerprint density at radius 3 is 2.67 bits per heavy atom. The molecule has 2 fully saturated rings. The molecule has 0 aliphatic carbocycles. The number of hydrogen-bond acceptors (Lipinski definition) is 2. The minimum Gasteiger partial charge on any atom is -0.317 e. The van der Waals surface area contributed by atoms with Crippen LogP contribution in [-0.2, 0) is 0 Å². The van der Waals surface area contributed by atoms with Gasteiger partial charge in [-0.05, 0) is 70.1 Å². The van der Waals surface area contributed by atoms with Crippen molar-refractivity contribution < 1.29 is 0 Å². The van der Waals surface area contributed by atoms with Gasteiger partial charge in [-0.2, -0.15) is 0 Å². The average molecular weight is 210 g/mol. The molecule has 0 saturated carbocycles. The summed E-state index contributed by atoms with van der Waals surface area (Å²) in [4.78, 5) is 2.66. The Morgan fingerprint density at radius 2 is 2.00 bits per heavy atom. The summed E-state index contributed by atoms with van der Waals surface area (Å²) in [5.74, 6) is 1.97. The predicted octanol–water partition coefficient (Wildman–Crippen LogP) is 2.11. The van der Waals surface area contributed by atoms with Crippen molar-refractivity contribution in [3.63, 3.8) is 0 Å². The first-order chi connectivity index (χ1) is 7.34. The molecule has 0 aromatic carbocycles. The normalized spacial score (nSPS) is 29.8. The Balaban J connectivity index is 1.54. The van der Waals surface area contributed by atoms with E-state index >= 15 is 0 Å². The second kappa shape index (κ2) is 5.86. The van der Waals surface area contributed by atoms with Crippen molar-refractivity contribution >= 4 is 0 Å². The molecule has 0 aromatic heterocycles. The summed E-state index contributed by atoms with van der Waals surface area (Å²) in [7, 11) is 0. The molecule has 2 saturated heterocycles. The monoisotopic (exact) mass is 210 g/mol. The largest absolute Gasteiger partial charge is 0.317 e. The second-order valence-electron chi connectivity index (χ2n) is 5.53. The number of piperidine rings is 1. The van der Waals surface area contributed by atoms with E-state index in [9.17, 15) is 0 Å². The van der Waals surface area contributed by atoms with Crippen LogP contribution in [-0.4, -0.2) is 37.6 Å². The van der Waals surface area contributed by atoms with E-state index in [4.69, 9.17) is 0 Å². The average Bonchev–Trinajstić information content (AvgIpc) is 2.66. The van der Waals surface area contributed by atoms with Crippen molar-refractivity contribution in [3.8, 4) is 0 Å². The van der Waals surface area contributed by atoms with Crippen LogP contribution in [0.15, 0.2) is 0 Å². The summed E-state index contributed by atoms with van der Waals surface area (Å²) in [5, 5.41) is 3.44. The second-order valence-corrected chi connectivity index (χ2v) is 5.53. The van der Waals surface area contributed by atoms with Crippen molar-refractivity contribution in [3.05, 3.63) is 0 Å². The summed E-state index contributed by atoms with van der Waals surface area (Å²) in [6, 6.07) is 0. The zero-order valence-corrected chi connectivity index (χ0v) is 10.2. The number of nitrogens with one attached hydrogen (secondary N) is 1. The van der Waals surface area contributed by atoms with Gasteiger partial charge >= 0.3 is 0 Å². The molecule has 2 aliphatic rings. The Bertz CT molecular complexity index is 171. The van der Waals surface area contributed by atoms with Gasteiger partial charge in [-0.1, -0.05) is 6.92 Å². The lowest BCUT2D eigenvalue weighted by atomic mass is 9.93. The third-order valence-electron chi connectivity index (χ3n) is 4.05. The fourth-order valence-corrected chi connectivity index (χ4v) is 3.00. The molecule has 0 bridgehead atoms. The highest BCUT2D eigenvalue weighted by Crippen LogP contribution is 2.20. The molecule has 0 radical (unpaired) electrons. The van der Waals surface area contributed by atoms with Crippen LogP contribution in [0.4, 0.5) is 0 Å². The van der Waals surface area contributed by atoms with E-state index < -0.39 is 0 Å². The van der Waals surface area contributed by atoms with Gasteiger partial charge in [0, 0.05) is 6.54 Å². The molecule has 1 N–H and O–H groups in total. The highest BCUT2D eigenvalue weighted by Gasteiger charge is 2.18.